The van der Waals surface area contributed by atoms with Gasteiger partial charge in [0.2, 0.25) is 11.3 Å². The van der Waals surface area contributed by atoms with E-state index in [0.29, 0.717) is 12.4 Å². The van der Waals surface area contributed by atoms with Crippen LogP contribution < -0.4 is 11.2 Å². The molecule has 10 nitrogen and oxygen atoms in total. The maximum Gasteiger partial charge on any atom is 0.245 e. The predicted molar refractivity (Wildman–Crippen MR) is 101 cm³/mol. The fourth-order valence-corrected chi connectivity index (χ4v) is 2.69. The first-order chi connectivity index (χ1) is 13.7. The molecule has 0 saturated heterocycles. The number of anilines is 1. The van der Waals surface area contributed by atoms with E-state index in [0.717, 1.165) is 5.56 Å². The van der Waals surface area contributed by atoms with E-state index in [2.05, 4.69) is 35.3 Å². The molecule has 5 N–H and O–H groups in total. The van der Waals surface area contributed by atoms with Crippen molar-refractivity contribution in [1.82, 2.24) is 20.3 Å². The van der Waals surface area contributed by atoms with E-state index in [1.807, 2.05) is 30.3 Å². The van der Waals surface area contributed by atoms with Gasteiger partial charge in [0.15, 0.2) is 5.82 Å². The molecule has 0 atom stereocenters. The number of nitrogens with two attached hydrogens (primary N) is 1. The number of hydrogen-bond acceptors (Lipinski definition) is 10. The van der Waals surface area contributed by atoms with E-state index in [4.69, 9.17) is 5.84 Å². The van der Waals surface area contributed by atoms with Crippen LogP contribution in [0, 0.1) is 0 Å². The number of phenols is 2. The molecular formula is C18H15N7O3. The zero-order chi connectivity index (χ0) is 19.5. The Labute approximate surface area is 158 Å². The summed E-state index contributed by atoms with van der Waals surface area (Å²) in [6, 6.07) is 13.8. The molecule has 2 heterocycles. The van der Waals surface area contributed by atoms with Gasteiger partial charge in [-0.3, -0.25) is 0 Å². The van der Waals surface area contributed by atoms with Crippen molar-refractivity contribution >= 4 is 22.8 Å². The molecule has 0 aliphatic heterocycles. The number of phenolic OH excluding ortho intramolecular Hbond substituents is 2. The molecular weight excluding hydrogens is 362 g/mol. The van der Waals surface area contributed by atoms with E-state index < -0.39 is 0 Å². The summed E-state index contributed by atoms with van der Waals surface area (Å²) in [5.74, 6) is 5.63. The first kappa shape index (κ1) is 17.2. The molecule has 0 saturated carbocycles. The minimum absolute atomic E-state index is 0.0951. The molecule has 2 aromatic carbocycles. The van der Waals surface area contributed by atoms with Crippen LogP contribution in [0.3, 0.4) is 0 Å². The Balaban J connectivity index is 1.79. The van der Waals surface area contributed by atoms with Crippen LogP contribution in [0.1, 0.15) is 16.8 Å². The van der Waals surface area contributed by atoms with E-state index in [1.54, 1.807) is 0 Å². The second-order valence-electron chi connectivity index (χ2n) is 5.85. The first-order valence-corrected chi connectivity index (χ1v) is 8.24. The van der Waals surface area contributed by atoms with Crippen LogP contribution in [0.15, 0.2) is 58.3 Å². The summed E-state index contributed by atoms with van der Waals surface area (Å²) in [7, 11) is 0. The van der Waals surface area contributed by atoms with Gasteiger partial charge >= 0.3 is 0 Å². The van der Waals surface area contributed by atoms with Gasteiger partial charge in [-0.2, -0.15) is 5.10 Å². The highest BCUT2D eigenvalue weighted by Crippen LogP contribution is 2.27. The number of nitrogens with zero attached hydrogens (tertiary/aromatic N) is 5. The summed E-state index contributed by atoms with van der Waals surface area (Å²) in [5.41, 5.74) is 2.08. The maximum atomic E-state index is 10.2. The third-order valence-corrected chi connectivity index (χ3v) is 4.01. The zero-order valence-electron chi connectivity index (χ0n) is 14.4. The van der Waals surface area contributed by atoms with E-state index in [9.17, 15) is 10.2 Å². The smallest absolute Gasteiger partial charge is 0.245 e. The van der Waals surface area contributed by atoms with Crippen molar-refractivity contribution in [3.05, 3.63) is 65.4 Å². The molecule has 2 aromatic heterocycles. The zero-order valence-corrected chi connectivity index (χ0v) is 14.4. The van der Waals surface area contributed by atoms with Gasteiger partial charge in [-0.15, -0.1) is 0 Å². The van der Waals surface area contributed by atoms with Crippen LogP contribution in [-0.4, -0.2) is 36.2 Å². The Morgan fingerprint density at radius 3 is 2.50 bits per heavy atom. The number of benzene rings is 2. The number of fused-ring (bicyclic) bond motifs is 1. The van der Waals surface area contributed by atoms with Crippen molar-refractivity contribution < 1.29 is 14.8 Å². The standard InChI is InChI=1S/C18H15N7O3/c19-23-14(12-7-6-11(26)8-13(12)27)15-16(20-9-10-4-2-1-3-5-10)22-18-17(21-15)24-28-25-18/h1-8,26-27H,9,19H2,(H,20,22,25). The van der Waals surface area contributed by atoms with Crippen LogP contribution in [-0.2, 0) is 6.54 Å². The summed E-state index contributed by atoms with van der Waals surface area (Å²) in [6.45, 7) is 0.457. The molecule has 10 heteroatoms. The minimum Gasteiger partial charge on any atom is -0.508 e. The first-order valence-electron chi connectivity index (χ1n) is 8.24. The molecule has 0 bridgehead atoms. The number of hydrazone groups is 1. The average Bonchev–Trinajstić information content (AvgIpc) is 3.16. The van der Waals surface area contributed by atoms with Crippen LogP contribution in [0.2, 0.25) is 0 Å². The molecule has 4 aromatic rings. The topological polar surface area (TPSA) is 156 Å². The van der Waals surface area contributed by atoms with Gasteiger partial charge in [0.05, 0.1) is 0 Å². The van der Waals surface area contributed by atoms with Gasteiger partial charge in [0.1, 0.15) is 22.9 Å². The van der Waals surface area contributed by atoms with Gasteiger partial charge in [-0.1, -0.05) is 30.3 Å². The lowest BCUT2D eigenvalue weighted by atomic mass is 10.1. The van der Waals surface area contributed by atoms with Gasteiger partial charge < -0.3 is 21.4 Å². The minimum atomic E-state index is -0.210. The van der Waals surface area contributed by atoms with Gasteiger partial charge in [-0.25, -0.2) is 14.6 Å². The van der Waals surface area contributed by atoms with E-state index in [1.165, 1.54) is 18.2 Å². The number of hydrogen-bond donors (Lipinski definition) is 4. The highest BCUT2D eigenvalue weighted by Gasteiger charge is 2.21. The fraction of sp³-hybridized carbons (Fsp3) is 0.0556. The van der Waals surface area contributed by atoms with Crippen molar-refractivity contribution in [2.75, 3.05) is 5.32 Å². The summed E-state index contributed by atoms with van der Waals surface area (Å²) in [5, 5.41) is 34.1. The van der Waals surface area contributed by atoms with Crippen molar-refractivity contribution in [2.45, 2.75) is 6.54 Å². The second-order valence-corrected chi connectivity index (χ2v) is 5.85. The molecule has 0 spiro atoms. The summed E-state index contributed by atoms with van der Waals surface area (Å²) < 4.78 is 4.69. The quantitative estimate of drug-likeness (QED) is 0.231. The van der Waals surface area contributed by atoms with Crippen LogP contribution in [0.4, 0.5) is 5.82 Å². The Morgan fingerprint density at radius 1 is 1.04 bits per heavy atom. The predicted octanol–water partition coefficient (Wildman–Crippen LogP) is 1.75. The number of rotatable bonds is 5. The molecule has 28 heavy (non-hydrogen) atoms. The van der Waals surface area contributed by atoms with Gasteiger partial charge in [-0.05, 0) is 28.0 Å². The third kappa shape index (κ3) is 3.26. The molecule has 4 rings (SSSR count). The number of aromatic nitrogens is 4. The SMILES string of the molecule is NN=C(c1ccc(O)cc1O)c1nc2nonc2nc1NCc1ccccc1. The lowest BCUT2D eigenvalue weighted by molar-refractivity contribution is 0.314. The molecule has 0 amide bonds. The molecule has 0 unspecified atom stereocenters. The highest BCUT2D eigenvalue weighted by atomic mass is 16.6. The Kier molecular flexibility index (Phi) is 4.42. The summed E-state index contributed by atoms with van der Waals surface area (Å²) >= 11 is 0. The molecule has 0 fully saturated rings. The normalized spacial score (nSPS) is 11.6. The third-order valence-electron chi connectivity index (χ3n) is 4.01. The largest absolute Gasteiger partial charge is 0.508 e. The maximum absolute atomic E-state index is 10.2. The van der Waals surface area contributed by atoms with E-state index >= 15 is 0 Å². The van der Waals surface area contributed by atoms with Crippen LogP contribution in [0.25, 0.3) is 11.3 Å². The highest BCUT2D eigenvalue weighted by molar-refractivity contribution is 6.16. The van der Waals surface area contributed by atoms with Crippen LogP contribution >= 0.6 is 0 Å². The Hall–Kier alpha value is -4.21. The molecule has 0 aliphatic rings. The van der Waals surface area contributed by atoms with Gasteiger partial charge in [0, 0.05) is 18.2 Å². The second kappa shape index (κ2) is 7.19. The van der Waals surface area contributed by atoms with Crippen molar-refractivity contribution in [1.29, 1.82) is 0 Å². The van der Waals surface area contributed by atoms with E-state index in [-0.39, 0.29) is 39.8 Å². The lowest BCUT2D eigenvalue weighted by Crippen LogP contribution is -2.15. The van der Waals surface area contributed by atoms with Crippen molar-refractivity contribution in [3.63, 3.8) is 0 Å². The monoisotopic (exact) mass is 377 g/mol. The Morgan fingerprint density at radius 2 is 1.79 bits per heavy atom. The number of aromatic hydroxyl groups is 2. The molecule has 0 aliphatic carbocycles. The van der Waals surface area contributed by atoms with Gasteiger partial charge in [0.25, 0.3) is 0 Å². The molecule has 0 radical (unpaired) electrons. The lowest BCUT2D eigenvalue weighted by Gasteiger charge is -2.12. The number of nitrogens with one attached hydrogen (secondary N) is 1. The molecule has 140 valence electrons. The summed E-state index contributed by atoms with van der Waals surface area (Å²) in [4.78, 5) is 8.77. The fourth-order valence-electron chi connectivity index (χ4n) is 2.69. The Bertz CT molecular complexity index is 1160. The summed E-state index contributed by atoms with van der Waals surface area (Å²) in [6.07, 6.45) is 0. The average molecular weight is 377 g/mol. The van der Waals surface area contributed by atoms with Crippen molar-refractivity contribution in [3.8, 4) is 11.5 Å². The van der Waals surface area contributed by atoms with Crippen molar-refractivity contribution in [2.24, 2.45) is 10.9 Å². The van der Waals surface area contributed by atoms with Crippen LogP contribution in [0.5, 0.6) is 11.5 Å².